The largest absolute Gasteiger partial charge is 0.369 e. The molecule has 3 N–H and O–H groups in total. The highest BCUT2D eigenvalue weighted by Crippen LogP contribution is 2.33. The number of rotatable bonds is 1. The second-order valence-corrected chi connectivity index (χ2v) is 6.46. The molecule has 1 aromatic heterocycles. The van der Waals surface area contributed by atoms with Gasteiger partial charge in [-0.1, -0.05) is 17.4 Å². The van der Waals surface area contributed by atoms with Crippen molar-refractivity contribution < 1.29 is 15.2 Å². The second kappa shape index (κ2) is 5.13. The molecule has 2 heterocycles. The van der Waals surface area contributed by atoms with Crippen LogP contribution in [0.2, 0.25) is 0 Å². The van der Waals surface area contributed by atoms with Crippen molar-refractivity contribution in [2.24, 2.45) is 0 Å². The summed E-state index contributed by atoms with van der Waals surface area (Å²) in [6.07, 6.45) is 0.787. The Kier molecular flexibility index (Phi) is 3.47. The first-order valence-electron chi connectivity index (χ1n) is 6.15. The van der Waals surface area contributed by atoms with Crippen LogP contribution in [0, 0.1) is 3.95 Å². The van der Waals surface area contributed by atoms with Gasteiger partial charge in [-0.15, -0.1) is 11.3 Å². The van der Waals surface area contributed by atoms with Gasteiger partial charge in [0.1, 0.15) is 0 Å². The Labute approximate surface area is 123 Å². The minimum absolute atomic E-state index is 0.169. The molecule has 2 amide bonds. The summed E-state index contributed by atoms with van der Waals surface area (Å²) in [5.74, 6) is 0.169. The molecule has 0 saturated carbocycles. The molecule has 1 aliphatic rings. The quantitative estimate of drug-likeness (QED) is 0.430. The molecule has 0 spiro atoms. The first-order valence-corrected chi connectivity index (χ1v) is 7.37. The van der Waals surface area contributed by atoms with Gasteiger partial charge < -0.3 is 9.88 Å². The van der Waals surface area contributed by atoms with Crippen LogP contribution in [0.5, 0.6) is 0 Å². The third-order valence-corrected chi connectivity index (χ3v) is 4.76. The lowest BCUT2D eigenvalue weighted by Crippen LogP contribution is -2.38. The Morgan fingerprint density at radius 1 is 1.50 bits per heavy atom. The fourth-order valence-electron chi connectivity index (χ4n) is 2.65. The molecule has 20 heavy (non-hydrogen) atoms. The number of amides is 2. The predicted molar refractivity (Wildman–Crippen MR) is 76.7 cm³/mol. The summed E-state index contributed by atoms with van der Waals surface area (Å²) in [6.45, 7) is 0.967. The van der Waals surface area contributed by atoms with Crippen molar-refractivity contribution in [3.05, 3.63) is 27.7 Å². The van der Waals surface area contributed by atoms with Crippen molar-refractivity contribution in [2.75, 3.05) is 13.1 Å². The molecule has 8 heteroatoms. The van der Waals surface area contributed by atoms with Gasteiger partial charge in [-0.25, -0.2) is 4.79 Å². The van der Waals surface area contributed by atoms with E-state index >= 15 is 0 Å². The molecular formula is C12H13N3O3S2. The smallest absolute Gasteiger partial charge is 0.337 e. The van der Waals surface area contributed by atoms with Crippen LogP contribution in [0.4, 0.5) is 4.79 Å². The minimum atomic E-state index is -0.794. The lowest BCUT2D eigenvalue weighted by atomic mass is 9.97. The molecule has 6 nitrogen and oxygen atoms in total. The van der Waals surface area contributed by atoms with Crippen molar-refractivity contribution in [3.63, 3.8) is 0 Å². The van der Waals surface area contributed by atoms with Crippen LogP contribution >= 0.6 is 23.6 Å². The van der Waals surface area contributed by atoms with Gasteiger partial charge in [0, 0.05) is 19.0 Å². The Morgan fingerprint density at radius 2 is 2.30 bits per heavy atom. The fraction of sp³-hybridized carbons (Fsp3) is 0.333. The Morgan fingerprint density at radius 3 is 3.05 bits per heavy atom. The summed E-state index contributed by atoms with van der Waals surface area (Å²) in [6, 6.07) is 5.22. The number of hydrogen-bond donors (Lipinski definition) is 3. The predicted octanol–water partition coefficient (Wildman–Crippen LogP) is 2.95. The number of aromatic amines is 1. The number of thiazole rings is 1. The molecule has 0 radical (unpaired) electrons. The van der Waals surface area contributed by atoms with Gasteiger partial charge in [0.25, 0.3) is 0 Å². The van der Waals surface area contributed by atoms with Gasteiger partial charge in [0.2, 0.25) is 0 Å². The summed E-state index contributed by atoms with van der Waals surface area (Å²) in [5, 5.41) is 17.2. The minimum Gasteiger partial charge on any atom is -0.337 e. The zero-order chi connectivity index (χ0) is 14.3. The van der Waals surface area contributed by atoms with Crippen molar-refractivity contribution in [3.8, 4) is 0 Å². The van der Waals surface area contributed by atoms with E-state index in [2.05, 4.69) is 4.98 Å². The Bertz CT molecular complexity index is 709. The normalized spacial score (nSPS) is 18.7. The maximum Gasteiger partial charge on any atom is 0.369 e. The summed E-state index contributed by atoms with van der Waals surface area (Å²) >= 11 is 6.70. The average Bonchev–Trinajstić information content (AvgIpc) is 3.02. The molecule has 0 aliphatic carbocycles. The maximum atomic E-state index is 11.5. The first-order chi connectivity index (χ1) is 9.56. The van der Waals surface area contributed by atoms with Gasteiger partial charge in [0.15, 0.2) is 3.95 Å². The monoisotopic (exact) mass is 311 g/mol. The van der Waals surface area contributed by atoms with Crippen LogP contribution < -0.4 is 0 Å². The number of para-hydroxylation sites is 1. The standard InChI is InChI=1S/C12H13N3O3S2/c16-12(15(17)18)14-5-4-7(6-14)8-2-1-3-9-10(8)13-11(19)20-9/h1-3,7,17-18H,4-6H2,(H,13,19)/t7-/m1/s1. The van der Waals surface area contributed by atoms with E-state index in [0.717, 1.165) is 26.2 Å². The number of H-pyrrole nitrogens is 1. The number of carbonyl (C=O) groups is 1. The van der Waals surface area contributed by atoms with E-state index in [-0.39, 0.29) is 11.1 Å². The Hall–Kier alpha value is -1.48. The second-order valence-electron chi connectivity index (χ2n) is 4.74. The van der Waals surface area contributed by atoms with Crippen molar-refractivity contribution in [2.45, 2.75) is 12.3 Å². The summed E-state index contributed by atoms with van der Waals surface area (Å²) in [7, 11) is 0. The van der Waals surface area contributed by atoms with Crippen LogP contribution in [-0.2, 0) is 0 Å². The van der Waals surface area contributed by atoms with Gasteiger partial charge in [-0.05, 0) is 30.3 Å². The first kappa shape index (κ1) is 13.5. The summed E-state index contributed by atoms with van der Waals surface area (Å²) in [5.41, 5.74) is 2.14. The number of carbonyl (C=O) groups excluding carboxylic acids is 1. The molecule has 1 aliphatic heterocycles. The van der Waals surface area contributed by atoms with Gasteiger partial charge >= 0.3 is 6.03 Å². The van der Waals surface area contributed by atoms with Gasteiger partial charge in [-0.2, -0.15) is 0 Å². The molecule has 1 aromatic carbocycles. The Balaban J connectivity index is 1.90. The summed E-state index contributed by atoms with van der Waals surface area (Å²) < 4.78 is 1.83. The molecule has 1 fully saturated rings. The third kappa shape index (κ3) is 2.31. The molecule has 106 valence electrons. The van der Waals surface area contributed by atoms with E-state index in [4.69, 9.17) is 22.6 Å². The molecule has 1 saturated heterocycles. The number of hydrogen-bond acceptors (Lipinski definition) is 5. The van der Waals surface area contributed by atoms with E-state index in [1.54, 1.807) is 0 Å². The van der Waals surface area contributed by atoms with Crippen molar-refractivity contribution in [1.82, 2.24) is 15.1 Å². The van der Waals surface area contributed by atoms with Crippen LogP contribution in [0.15, 0.2) is 18.2 Å². The van der Waals surface area contributed by atoms with Crippen LogP contribution in [0.3, 0.4) is 0 Å². The zero-order valence-electron chi connectivity index (χ0n) is 10.4. The van der Waals surface area contributed by atoms with Gasteiger partial charge in [-0.3, -0.25) is 10.4 Å². The van der Waals surface area contributed by atoms with E-state index < -0.39 is 6.03 Å². The number of hydroxylamine groups is 2. The number of nitrogens with one attached hydrogen (secondary N) is 1. The fourth-order valence-corrected chi connectivity index (χ4v) is 3.79. The van der Waals surface area contributed by atoms with Crippen LogP contribution in [0.25, 0.3) is 10.2 Å². The zero-order valence-corrected chi connectivity index (χ0v) is 12.1. The lowest BCUT2D eigenvalue weighted by molar-refractivity contribution is -0.263. The van der Waals surface area contributed by atoms with Crippen molar-refractivity contribution >= 4 is 39.8 Å². The molecule has 1 atom stereocenters. The number of nitrogens with zero attached hydrogens (tertiary/aromatic N) is 2. The number of benzene rings is 1. The van der Waals surface area contributed by atoms with E-state index in [1.165, 1.54) is 16.2 Å². The molecule has 0 bridgehead atoms. The third-order valence-electron chi connectivity index (χ3n) is 3.56. The molecule has 2 aromatic rings. The van der Waals surface area contributed by atoms with E-state index in [1.807, 2.05) is 18.2 Å². The SMILES string of the molecule is O=C(N(O)O)N1CC[C@@H](c2cccc3sc(=S)[nH]c23)C1. The van der Waals surface area contributed by atoms with Crippen LogP contribution in [0.1, 0.15) is 17.9 Å². The highest BCUT2D eigenvalue weighted by Gasteiger charge is 2.30. The molecular weight excluding hydrogens is 298 g/mol. The van der Waals surface area contributed by atoms with E-state index in [0.29, 0.717) is 13.1 Å². The van der Waals surface area contributed by atoms with E-state index in [9.17, 15) is 4.79 Å². The lowest BCUT2D eigenvalue weighted by Gasteiger charge is -2.18. The number of fused-ring (bicyclic) bond motifs is 1. The maximum absolute atomic E-state index is 11.5. The van der Waals surface area contributed by atoms with Crippen molar-refractivity contribution in [1.29, 1.82) is 0 Å². The molecule has 0 unspecified atom stereocenters. The summed E-state index contributed by atoms with van der Waals surface area (Å²) in [4.78, 5) is 16.1. The average molecular weight is 311 g/mol. The number of likely N-dealkylation sites (tertiary alicyclic amines) is 1. The highest BCUT2D eigenvalue weighted by molar-refractivity contribution is 7.73. The molecule has 3 rings (SSSR count). The van der Waals surface area contributed by atoms with Crippen LogP contribution in [-0.4, -0.2) is 44.6 Å². The number of urea groups is 1. The van der Waals surface area contributed by atoms with Gasteiger partial charge in [0.05, 0.1) is 10.2 Å². The number of aromatic nitrogens is 1. The highest BCUT2D eigenvalue weighted by atomic mass is 32.1. The topological polar surface area (TPSA) is 79.8 Å².